The normalized spacial score (nSPS) is 14.8. The average molecular weight is 339 g/mol. The van der Waals surface area contributed by atoms with Crippen molar-refractivity contribution >= 4 is 35.7 Å². The summed E-state index contributed by atoms with van der Waals surface area (Å²) in [6.45, 7) is 0. The van der Waals surface area contributed by atoms with E-state index in [1.54, 1.807) is 0 Å². The Morgan fingerprint density at radius 1 is 1.38 bits per heavy atom. The van der Waals surface area contributed by atoms with Crippen LogP contribution in [0.25, 0.3) is 0 Å². The van der Waals surface area contributed by atoms with Gasteiger partial charge in [0.05, 0.1) is 5.69 Å². The van der Waals surface area contributed by atoms with Gasteiger partial charge in [0.25, 0.3) is 0 Å². The van der Waals surface area contributed by atoms with Crippen molar-refractivity contribution in [2.75, 3.05) is 0 Å². The van der Waals surface area contributed by atoms with Gasteiger partial charge in [0.2, 0.25) is 14.3 Å². The van der Waals surface area contributed by atoms with E-state index in [2.05, 4.69) is 20.9 Å². The Morgan fingerprint density at radius 3 is 2.25 bits per heavy atom. The standard InChI is InChI=1S/C7H4BrClF3NO2S/c8-4-1-2-5(13-3-4)6(7(10,11)12)16(9,14)15/h1-3,6H. The molecule has 0 aliphatic rings. The first-order chi connectivity index (χ1) is 7.12. The maximum atomic E-state index is 12.5. The SMILES string of the molecule is O=S(=O)(Cl)C(c1ccc(Br)cn1)C(F)(F)F. The number of aromatic nitrogens is 1. The molecule has 1 heterocycles. The lowest BCUT2D eigenvalue weighted by Gasteiger charge is -2.16. The number of rotatable bonds is 2. The minimum atomic E-state index is -5.00. The second-order valence-electron chi connectivity index (χ2n) is 2.80. The molecule has 0 N–H and O–H groups in total. The molecule has 9 heteroatoms. The number of alkyl halides is 3. The summed E-state index contributed by atoms with van der Waals surface area (Å²) in [7, 11) is -0.0605. The first-order valence-electron chi connectivity index (χ1n) is 3.74. The third-order valence-corrected chi connectivity index (χ3v) is 3.67. The highest BCUT2D eigenvalue weighted by Gasteiger charge is 2.50. The zero-order valence-corrected chi connectivity index (χ0v) is 10.5. The summed E-state index contributed by atoms with van der Waals surface area (Å²) in [5.74, 6) is 0. The van der Waals surface area contributed by atoms with E-state index in [1.165, 1.54) is 6.07 Å². The fourth-order valence-corrected chi connectivity index (χ4v) is 2.57. The van der Waals surface area contributed by atoms with Crippen molar-refractivity contribution in [2.24, 2.45) is 0 Å². The molecule has 0 bridgehead atoms. The molecule has 3 nitrogen and oxygen atoms in total. The molecule has 0 aliphatic carbocycles. The Labute approximate surface area is 102 Å². The van der Waals surface area contributed by atoms with Gasteiger partial charge in [-0.15, -0.1) is 0 Å². The van der Waals surface area contributed by atoms with Crippen molar-refractivity contribution in [1.29, 1.82) is 0 Å². The predicted octanol–water partition coefficient (Wildman–Crippen LogP) is 3.02. The van der Waals surface area contributed by atoms with Gasteiger partial charge in [-0.1, -0.05) is 0 Å². The van der Waals surface area contributed by atoms with Gasteiger partial charge >= 0.3 is 6.18 Å². The van der Waals surface area contributed by atoms with Crippen LogP contribution in [0, 0.1) is 0 Å². The summed E-state index contributed by atoms with van der Waals surface area (Å²) >= 11 is 2.97. The molecular weight excluding hydrogens is 334 g/mol. The second-order valence-corrected chi connectivity index (χ2v) is 6.43. The van der Waals surface area contributed by atoms with E-state index in [1.807, 2.05) is 0 Å². The molecule has 0 saturated carbocycles. The number of nitrogens with zero attached hydrogens (tertiary/aromatic N) is 1. The Kier molecular flexibility index (Phi) is 3.86. The molecule has 0 aromatic carbocycles. The number of hydrogen-bond acceptors (Lipinski definition) is 3. The molecule has 1 aromatic heterocycles. The van der Waals surface area contributed by atoms with Gasteiger partial charge in [-0.05, 0) is 28.1 Å². The minimum Gasteiger partial charge on any atom is -0.258 e. The van der Waals surface area contributed by atoms with Crippen LogP contribution in [0.5, 0.6) is 0 Å². The van der Waals surface area contributed by atoms with Crippen LogP contribution in [0.3, 0.4) is 0 Å². The Balaban J connectivity index is 3.29. The molecule has 1 unspecified atom stereocenters. The molecular formula is C7H4BrClF3NO2S. The number of pyridine rings is 1. The van der Waals surface area contributed by atoms with Crippen molar-refractivity contribution in [3.05, 3.63) is 28.5 Å². The quantitative estimate of drug-likeness (QED) is 0.779. The second kappa shape index (κ2) is 4.50. The van der Waals surface area contributed by atoms with Gasteiger partial charge in [0.15, 0.2) is 0 Å². The highest BCUT2D eigenvalue weighted by Crippen LogP contribution is 2.40. The smallest absolute Gasteiger partial charge is 0.258 e. The largest absolute Gasteiger partial charge is 0.412 e. The van der Waals surface area contributed by atoms with Crippen LogP contribution >= 0.6 is 26.6 Å². The van der Waals surface area contributed by atoms with Gasteiger partial charge in [-0.25, -0.2) is 8.42 Å². The van der Waals surface area contributed by atoms with Crippen LogP contribution < -0.4 is 0 Å². The third kappa shape index (κ3) is 3.33. The van der Waals surface area contributed by atoms with Crippen molar-refractivity contribution in [3.8, 4) is 0 Å². The molecule has 90 valence electrons. The summed E-state index contributed by atoms with van der Waals surface area (Å²) in [4.78, 5) is 3.38. The minimum absolute atomic E-state index is 0.434. The zero-order valence-electron chi connectivity index (χ0n) is 7.37. The monoisotopic (exact) mass is 337 g/mol. The maximum absolute atomic E-state index is 12.5. The molecule has 0 radical (unpaired) electrons. The van der Waals surface area contributed by atoms with E-state index in [4.69, 9.17) is 10.7 Å². The molecule has 0 amide bonds. The summed E-state index contributed by atoms with van der Waals surface area (Å²) in [6, 6.07) is 2.20. The van der Waals surface area contributed by atoms with Crippen molar-refractivity contribution in [2.45, 2.75) is 11.4 Å². The van der Waals surface area contributed by atoms with Gasteiger partial charge in [-0.3, -0.25) is 4.98 Å². The molecule has 1 rings (SSSR count). The molecule has 0 saturated heterocycles. The van der Waals surface area contributed by atoms with Gasteiger partial charge in [-0.2, -0.15) is 13.2 Å². The van der Waals surface area contributed by atoms with E-state index in [0.29, 0.717) is 4.47 Å². The van der Waals surface area contributed by atoms with Gasteiger partial charge in [0, 0.05) is 21.4 Å². The van der Waals surface area contributed by atoms with Crippen LogP contribution in [0.2, 0.25) is 0 Å². The van der Waals surface area contributed by atoms with E-state index in [-0.39, 0.29) is 0 Å². The predicted molar refractivity (Wildman–Crippen MR) is 55.5 cm³/mol. The summed E-state index contributed by atoms with van der Waals surface area (Å²) in [5, 5.41) is -2.81. The first kappa shape index (κ1) is 13.7. The lowest BCUT2D eigenvalue weighted by atomic mass is 10.2. The van der Waals surface area contributed by atoms with Crippen LogP contribution in [0.4, 0.5) is 13.2 Å². The number of hydrogen-bond donors (Lipinski definition) is 0. The van der Waals surface area contributed by atoms with Crippen molar-refractivity contribution < 1.29 is 21.6 Å². The molecule has 1 aromatic rings. The highest BCUT2D eigenvalue weighted by atomic mass is 79.9. The summed E-state index contributed by atoms with van der Waals surface area (Å²) in [6.07, 6.45) is -3.93. The van der Waals surface area contributed by atoms with E-state index < -0.39 is 26.2 Å². The average Bonchev–Trinajstić information content (AvgIpc) is 2.03. The van der Waals surface area contributed by atoms with Crippen molar-refractivity contribution in [1.82, 2.24) is 4.98 Å². The van der Waals surface area contributed by atoms with Crippen LogP contribution in [0.1, 0.15) is 10.9 Å². The summed E-state index contributed by atoms with van der Waals surface area (Å²) in [5.41, 5.74) is -0.661. The number of halogens is 5. The Morgan fingerprint density at radius 2 is 1.94 bits per heavy atom. The molecule has 0 aliphatic heterocycles. The molecule has 16 heavy (non-hydrogen) atoms. The van der Waals surface area contributed by atoms with Crippen molar-refractivity contribution in [3.63, 3.8) is 0 Å². The molecule has 0 spiro atoms. The molecule has 0 fully saturated rings. The fourth-order valence-electron chi connectivity index (χ4n) is 1.01. The third-order valence-electron chi connectivity index (χ3n) is 1.60. The highest BCUT2D eigenvalue weighted by molar-refractivity contribution is 9.10. The first-order valence-corrected chi connectivity index (χ1v) is 6.90. The topological polar surface area (TPSA) is 47.0 Å². The van der Waals surface area contributed by atoms with E-state index >= 15 is 0 Å². The Bertz CT molecular complexity index is 473. The fraction of sp³-hybridized carbons (Fsp3) is 0.286. The van der Waals surface area contributed by atoms with Gasteiger partial charge in [0.1, 0.15) is 0 Å². The summed E-state index contributed by atoms with van der Waals surface area (Å²) < 4.78 is 59.6. The van der Waals surface area contributed by atoms with E-state index in [9.17, 15) is 21.6 Å². The Hall–Kier alpha value is -0.340. The maximum Gasteiger partial charge on any atom is 0.412 e. The van der Waals surface area contributed by atoms with Crippen LogP contribution in [-0.4, -0.2) is 19.6 Å². The van der Waals surface area contributed by atoms with Gasteiger partial charge < -0.3 is 0 Å². The van der Waals surface area contributed by atoms with Crippen LogP contribution in [0.15, 0.2) is 22.8 Å². The van der Waals surface area contributed by atoms with Crippen LogP contribution in [-0.2, 0) is 9.05 Å². The zero-order chi connectivity index (χ0) is 12.6. The molecule has 1 atom stereocenters. The lowest BCUT2D eigenvalue weighted by molar-refractivity contribution is -0.131. The van der Waals surface area contributed by atoms with E-state index in [0.717, 1.165) is 12.3 Å². The lowest BCUT2D eigenvalue weighted by Crippen LogP contribution is -2.26.